The SMILES string of the molecule is CC(C)(O)C1CCCN1Cc1ncc(-c2cccc(Cl)c2)o1. The maximum Gasteiger partial charge on any atom is 0.209 e. The van der Waals surface area contributed by atoms with Crippen molar-refractivity contribution in [1.29, 1.82) is 0 Å². The van der Waals surface area contributed by atoms with E-state index in [1.807, 2.05) is 38.1 Å². The van der Waals surface area contributed by atoms with Crippen LogP contribution in [0.25, 0.3) is 11.3 Å². The van der Waals surface area contributed by atoms with Gasteiger partial charge < -0.3 is 9.52 Å². The largest absolute Gasteiger partial charge is 0.439 e. The van der Waals surface area contributed by atoms with Crippen LogP contribution in [0.5, 0.6) is 0 Å². The summed E-state index contributed by atoms with van der Waals surface area (Å²) in [6.45, 7) is 5.31. The zero-order valence-corrected chi connectivity index (χ0v) is 13.7. The topological polar surface area (TPSA) is 49.5 Å². The minimum atomic E-state index is -0.709. The Morgan fingerprint density at radius 3 is 3.00 bits per heavy atom. The molecule has 118 valence electrons. The number of oxazole rings is 1. The van der Waals surface area contributed by atoms with Crippen molar-refractivity contribution in [3.8, 4) is 11.3 Å². The Morgan fingerprint density at radius 2 is 2.27 bits per heavy atom. The van der Waals surface area contributed by atoms with E-state index in [9.17, 15) is 5.11 Å². The van der Waals surface area contributed by atoms with Gasteiger partial charge >= 0.3 is 0 Å². The van der Waals surface area contributed by atoms with Crippen molar-refractivity contribution in [3.63, 3.8) is 0 Å². The summed E-state index contributed by atoms with van der Waals surface area (Å²) in [4.78, 5) is 6.61. The molecule has 3 rings (SSSR count). The van der Waals surface area contributed by atoms with Gasteiger partial charge in [0.1, 0.15) is 0 Å². The van der Waals surface area contributed by atoms with E-state index in [0.717, 1.165) is 30.7 Å². The molecule has 0 amide bonds. The van der Waals surface area contributed by atoms with Crippen molar-refractivity contribution in [2.75, 3.05) is 6.54 Å². The minimum absolute atomic E-state index is 0.147. The molecule has 0 spiro atoms. The summed E-state index contributed by atoms with van der Waals surface area (Å²) in [5, 5.41) is 11.0. The lowest BCUT2D eigenvalue weighted by Gasteiger charge is -2.33. The molecule has 2 heterocycles. The quantitative estimate of drug-likeness (QED) is 0.932. The van der Waals surface area contributed by atoms with Crippen LogP contribution < -0.4 is 0 Å². The normalized spacial score (nSPS) is 19.7. The van der Waals surface area contributed by atoms with Crippen LogP contribution >= 0.6 is 11.6 Å². The molecule has 4 nitrogen and oxygen atoms in total. The van der Waals surface area contributed by atoms with Crippen molar-refractivity contribution in [3.05, 3.63) is 41.4 Å². The molecule has 0 bridgehead atoms. The van der Waals surface area contributed by atoms with Gasteiger partial charge in [-0.1, -0.05) is 23.7 Å². The number of nitrogens with zero attached hydrogens (tertiary/aromatic N) is 2. The van der Waals surface area contributed by atoms with Crippen LogP contribution in [0.2, 0.25) is 5.02 Å². The summed E-state index contributed by atoms with van der Waals surface area (Å²) in [6, 6.07) is 7.69. The van der Waals surface area contributed by atoms with Crippen LogP contribution in [0.15, 0.2) is 34.9 Å². The monoisotopic (exact) mass is 320 g/mol. The Balaban J connectivity index is 1.75. The summed E-state index contributed by atoms with van der Waals surface area (Å²) in [6.07, 6.45) is 3.83. The first-order chi connectivity index (χ1) is 10.4. The first kappa shape index (κ1) is 15.5. The Morgan fingerprint density at radius 1 is 1.45 bits per heavy atom. The van der Waals surface area contributed by atoms with Crippen molar-refractivity contribution < 1.29 is 9.52 Å². The first-order valence-electron chi connectivity index (χ1n) is 7.60. The van der Waals surface area contributed by atoms with Crippen LogP contribution in [0.4, 0.5) is 0 Å². The number of halogens is 1. The molecule has 2 aromatic rings. The molecule has 22 heavy (non-hydrogen) atoms. The van der Waals surface area contributed by atoms with Crippen LogP contribution in [0.1, 0.15) is 32.6 Å². The maximum absolute atomic E-state index is 10.3. The van der Waals surface area contributed by atoms with Gasteiger partial charge in [-0.3, -0.25) is 4.90 Å². The number of hydrogen-bond donors (Lipinski definition) is 1. The predicted octanol–water partition coefficient (Wildman–Crippen LogP) is 3.73. The fourth-order valence-corrected chi connectivity index (χ4v) is 3.34. The second-order valence-corrected chi connectivity index (χ2v) is 6.85. The molecule has 5 heteroatoms. The van der Waals surface area contributed by atoms with Crippen molar-refractivity contribution in [2.24, 2.45) is 0 Å². The molecule has 0 radical (unpaired) electrons. The number of rotatable bonds is 4. The van der Waals surface area contributed by atoms with Gasteiger partial charge in [-0.25, -0.2) is 4.98 Å². The van der Waals surface area contributed by atoms with E-state index in [-0.39, 0.29) is 6.04 Å². The number of aromatic nitrogens is 1. The van der Waals surface area contributed by atoms with Gasteiger partial charge in [-0.2, -0.15) is 0 Å². The molecule has 1 N–H and O–H groups in total. The number of benzene rings is 1. The van der Waals surface area contributed by atoms with Crippen LogP contribution in [0.3, 0.4) is 0 Å². The van der Waals surface area contributed by atoms with Gasteiger partial charge in [0.15, 0.2) is 5.76 Å². The molecule has 1 aliphatic heterocycles. The third-order valence-corrected chi connectivity index (χ3v) is 4.42. The molecule has 0 aliphatic carbocycles. The van der Waals surface area contributed by atoms with E-state index in [2.05, 4.69) is 9.88 Å². The molecule has 0 saturated carbocycles. The van der Waals surface area contributed by atoms with Gasteiger partial charge in [0.25, 0.3) is 0 Å². The Bertz CT molecular complexity index is 648. The summed E-state index contributed by atoms with van der Waals surface area (Å²) in [5.74, 6) is 1.39. The number of hydrogen-bond acceptors (Lipinski definition) is 4. The predicted molar refractivity (Wildman–Crippen MR) is 86.7 cm³/mol. The Labute approximate surface area is 135 Å². The second-order valence-electron chi connectivity index (χ2n) is 6.41. The molecule has 1 unspecified atom stereocenters. The first-order valence-corrected chi connectivity index (χ1v) is 7.98. The third kappa shape index (κ3) is 3.35. The molecule has 1 aliphatic rings. The van der Waals surface area contributed by atoms with Crippen LogP contribution in [-0.2, 0) is 6.54 Å². The zero-order valence-electron chi connectivity index (χ0n) is 12.9. The Hall–Kier alpha value is -1.36. The highest BCUT2D eigenvalue weighted by molar-refractivity contribution is 6.30. The van der Waals surface area contributed by atoms with Gasteiger partial charge in [0, 0.05) is 16.6 Å². The van der Waals surface area contributed by atoms with E-state index < -0.39 is 5.60 Å². The van der Waals surface area contributed by atoms with Crippen molar-refractivity contribution >= 4 is 11.6 Å². The van der Waals surface area contributed by atoms with E-state index in [1.54, 1.807) is 6.20 Å². The highest BCUT2D eigenvalue weighted by Crippen LogP contribution is 2.29. The van der Waals surface area contributed by atoms with Crippen molar-refractivity contribution in [2.45, 2.75) is 44.9 Å². The summed E-state index contributed by atoms with van der Waals surface area (Å²) in [5.41, 5.74) is 0.213. The van der Waals surface area contributed by atoms with E-state index in [0.29, 0.717) is 17.5 Å². The van der Waals surface area contributed by atoms with Gasteiger partial charge in [0.05, 0.1) is 18.3 Å². The Kier molecular flexibility index (Phi) is 4.26. The van der Waals surface area contributed by atoms with E-state index in [1.165, 1.54) is 0 Å². The lowest BCUT2D eigenvalue weighted by molar-refractivity contribution is -0.00721. The third-order valence-electron chi connectivity index (χ3n) is 4.18. The summed E-state index contributed by atoms with van der Waals surface area (Å²) < 4.78 is 5.85. The lowest BCUT2D eigenvalue weighted by Crippen LogP contribution is -2.45. The lowest BCUT2D eigenvalue weighted by atomic mass is 9.97. The summed E-state index contributed by atoms with van der Waals surface area (Å²) >= 11 is 6.01. The van der Waals surface area contributed by atoms with Crippen LogP contribution in [0, 0.1) is 0 Å². The maximum atomic E-state index is 10.3. The number of likely N-dealkylation sites (tertiary alicyclic amines) is 1. The van der Waals surface area contributed by atoms with E-state index in [4.69, 9.17) is 16.0 Å². The van der Waals surface area contributed by atoms with Crippen molar-refractivity contribution in [1.82, 2.24) is 9.88 Å². The standard InChI is InChI=1S/C17H21ClN2O2/c1-17(2,21)15-7-4-8-20(15)11-16-19-10-14(22-16)12-5-3-6-13(18)9-12/h3,5-6,9-10,15,21H,4,7-8,11H2,1-2H3. The van der Waals surface area contributed by atoms with Gasteiger partial charge in [-0.05, 0) is 45.4 Å². The zero-order chi connectivity index (χ0) is 15.7. The molecular formula is C17H21ClN2O2. The fourth-order valence-electron chi connectivity index (χ4n) is 3.15. The second kappa shape index (κ2) is 6.03. The molecule has 1 saturated heterocycles. The smallest absolute Gasteiger partial charge is 0.209 e. The molecule has 1 aromatic carbocycles. The van der Waals surface area contributed by atoms with E-state index >= 15 is 0 Å². The average Bonchev–Trinajstić information content (AvgIpc) is 3.08. The molecule has 1 fully saturated rings. The van der Waals surface area contributed by atoms with Crippen LogP contribution in [-0.4, -0.2) is 33.2 Å². The highest BCUT2D eigenvalue weighted by atomic mass is 35.5. The molecule has 1 aromatic heterocycles. The molecule has 1 atom stereocenters. The number of aliphatic hydroxyl groups is 1. The summed E-state index contributed by atoms with van der Waals surface area (Å²) in [7, 11) is 0. The van der Waals surface area contributed by atoms with Gasteiger partial charge in [0.2, 0.25) is 5.89 Å². The fraction of sp³-hybridized carbons (Fsp3) is 0.471. The average molecular weight is 321 g/mol. The van der Waals surface area contributed by atoms with Gasteiger partial charge in [-0.15, -0.1) is 0 Å². The minimum Gasteiger partial charge on any atom is -0.439 e. The molecular weight excluding hydrogens is 300 g/mol. The highest BCUT2D eigenvalue weighted by Gasteiger charge is 2.36.